The van der Waals surface area contributed by atoms with Gasteiger partial charge in [0.05, 0.1) is 0 Å². The zero-order chi connectivity index (χ0) is 57.4. The highest BCUT2D eigenvalue weighted by Gasteiger charge is 2.30. The van der Waals surface area contributed by atoms with E-state index in [1.54, 1.807) is 0 Å². The lowest BCUT2D eigenvalue weighted by Gasteiger charge is -2.29. The fraction of sp³-hybridized carbons (Fsp3) is 0.0227. The number of hydrogen-bond acceptors (Lipinski definition) is 0. The summed E-state index contributed by atoms with van der Waals surface area (Å²) in [6, 6.07) is 103. The Morgan fingerprint density at radius 2 is 0.284 bits per heavy atom. The molecule has 0 aromatic heterocycles. The first-order valence-corrected chi connectivity index (χ1v) is 31.1. The molecule has 0 amide bonds. The third-order valence-electron chi connectivity index (χ3n) is 21.2. The minimum atomic E-state index is 1.25. The molecule has 0 N–H and O–H groups in total. The minimum Gasteiger partial charge on any atom is -0.0610 e. The lowest BCUT2D eigenvalue weighted by molar-refractivity contribution is 1.39. The van der Waals surface area contributed by atoms with E-state index >= 15 is 0 Å². The number of benzene rings is 21. The molecule has 0 bridgehead atoms. The number of rotatable bonds is 4. The van der Waals surface area contributed by atoms with E-state index in [2.05, 4.69) is 281 Å². The first-order chi connectivity index (χ1) is 43.6. The van der Waals surface area contributed by atoms with Gasteiger partial charge < -0.3 is 0 Å². The molecule has 0 aliphatic heterocycles. The van der Waals surface area contributed by atoms with Crippen molar-refractivity contribution in [2.75, 3.05) is 0 Å². The van der Waals surface area contributed by atoms with E-state index in [4.69, 9.17) is 0 Å². The third-order valence-corrected chi connectivity index (χ3v) is 21.2. The van der Waals surface area contributed by atoms with Crippen LogP contribution in [-0.2, 0) is 0 Å². The molecule has 0 unspecified atom stereocenters. The van der Waals surface area contributed by atoms with Gasteiger partial charge >= 0.3 is 0 Å². The summed E-state index contributed by atoms with van der Waals surface area (Å²) >= 11 is 0. The van der Waals surface area contributed by atoms with Gasteiger partial charge in [0.25, 0.3) is 0 Å². The van der Waals surface area contributed by atoms with Crippen LogP contribution in [0.15, 0.2) is 267 Å². The zero-order valence-electron chi connectivity index (χ0n) is 48.4. The van der Waals surface area contributed by atoms with E-state index in [0.29, 0.717) is 0 Å². The molecular weight excluding hydrogens is 1060 g/mol. The predicted molar refractivity (Wildman–Crippen MR) is 383 cm³/mol. The molecule has 0 atom stereocenters. The van der Waals surface area contributed by atoms with E-state index in [1.165, 1.54) is 228 Å². The van der Waals surface area contributed by atoms with Gasteiger partial charge in [0, 0.05) is 0 Å². The minimum absolute atomic E-state index is 1.25. The Balaban J connectivity index is 0.980. The van der Waals surface area contributed by atoms with Crippen molar-refractivity contribution in [3.8, 4) is 44.5 Å². The second kappa shape index (κ2) is 16.8. The molecule has 402 valence electrons. The Hall–Kier alpha value is -11.2. The van der Waals surface area contributed by atoms with Crippen LogP contribution in [0.25, 0.3) is 217 Å². The van der Waals surface area contributed by atoms with Gasteiger partial charge in [0.15, 0.2) is 0 Å². The SMILES string of the molecule is Cc1c(-c2ccc3c4cccc5cccc(c6cccc2c63)c54)c(-c2ccc3c4cccc5cccc(c6cccc2c63)c54)c(C)c(-c2ccc3c4cccc5cccc(c6cccc2c63)c54)c1-c1ccc2c3cccc4cccc(c5cccc1c52)c43. The molecule has 0 nitrogen and oxygen atoms in total. The maximum Gasteiger partial charge on any atom is -0.00201 e. The van der Waals surface area contributed by atoms with E-state index in [1.807, 2.05) is 0 Å². The maximum absolute atomic E-state index is 2.49. The van der Waals surface area contributed by atoms with E-state index in [-0.39, 0.29) is 0 Å². The third kappa shape index (κ3) is 5.81. The molecule has 21 aromatic rings. The molecule has 0 fully saturated rings. The van der Waals surface area contributed by atoms with Gasteiger partial charge in [-0.05, 0) is 242 Å². The zero-order valence-corrected chi connectivity index (χ0v) is 48.4. The van der Waals surface area contributed by atoms with E-state index < -0.39 is 0 Å². The summed E-state index contributed by atoms with van der Waals surface area (Å²) in [7, 11) is 0. The number of hydrogen-bond donors (Lipinski definition) is 0. The van der Waals surface area contributed by atoms with Crippen LogP contribution in [0.1, 0.15) is 11.1 Å². The van der Waals surface area contributed by atoms with Gasteiger partial charge in [0.1, 0.15) is 0 Å². The van der Waals surface area contributed by atoms with Crippen LogP contribution in [-0.4, -0.2) is 0 Å². The Morgan fingerprint density at radius 3 is 0.477 bits per heavy atom. The van der Waals surface area contributed by atoms with Crippen molar-refractivity contribution in [2.24, 2.45) is 0 Å². The van der Waals surface area contributed by atoms with Crippen LogP contribution in [0.3, 0.4) is 0 Å². The lowest BCUT2D eigenvalue weighted by Crippen LogP contribution is -2.03. The Labute approximate surface area is 505 Å². The first-order valence-electron chi connectivity index (χ1n) is 31.1. The summed E-state index contributed by atoms with van der Waals surface area (Å²) in [6.07, 6.45) is 0. The highest BCUT2D eigenvalue weighted by atomic mass is 14.3. The normalized spacial score (nSPS) is 12.7. The molecule has 0 heterocycles. The van der Waals surface area contributed by atoms with Crippen molar-refractivity contribution in [3.63, 3.8) is 0 Å². The second-order valence-electron chi connectivity index (χ2n) is 25.1. The van der Waals surface area contributed by atoms with Crippen LogP contribution in [0.5, 0.6) is 0 Å². The van der Waals surface area contributed by atoms with E-state index in [0.717, 1.165) is 0 Å². The van der Waals surface area contributed by atoms with Crippen molar-refractivity contribution in [1.82, 2.24) is 0 Å². The number of fused-ring (bicyclic) bond motifs is 8. The van der Waals surface area contributed by atoms with Crippen LogP contribution in [0, 0.1) is 13.8 Å². The van der Waals surface area contributed by atoms with Crippen molar-refractivity contribution in [1.29, 1.82) is 0 Å². The van der Waals surface area contributed by atoms with Crippen molar-refractivity contribution in [3.05, 3.63) is 278 Å². The topological polar surface area (TPSA) is 0 Å². The van der Waals surface area contributed by atoms with Crippen LogP contribution < -0.4 is 0 Å². The fourth-order valence-corrected chi connectivity index (χ4v) is 17.8. The Kier molecular flexibility index (Phi) is 9.01. The average Bonchev–Trinajstić information content (AvgIpc) is 0.770. The molecule has 0 saturated carbocycles. The smallest absolute Gasteiger partial charge is 0.00201 e. The van der Waals surface area contributed by atoms with Crippen molar-refractivity contribution >= 4 is 172 Å². The summed E-state index contributed by atoms with van der Waals surface area (Å²) in [5.74, 6) is 0. The Bertz CT molecular complexity index is 5670. The summed E-state index contributed by atoms with van der Waals surface area (Å²) in [5, 5.41) is 41.5. The van der Waals surface area contributed by atoms with Crippen LogP contribution >= 0.6 is 0 Å². The molecule has 0 heteroatoms. The largest absolute Gasteiger partial charge is 0.0610 e. The van der Waals surface area contributed by atoms with Gasteiger partial charge in [-0.2, -0.15) is 0 Å². The van der Waals surface area contributed by atoms with Gasteiger partial charge in [-0.15, -0.1) is 0 Å². The van der Waals surface area contributed by atoms with E-state index in [9.17, 15) is 0 Å². The molecule has 21 aromatic carbocycles. The predicted octanol–water partition coefficient (Wildman–Crippen LogP) is 25.2. The highest BCUT2D eigenvalue weighted by molar-refractivity contribution is 6.39. The van der Waals surface area contributed by atoms with Gasteiger partial charge in [-0.1, -0.05) is 267 Å². The first kappa shape index (κ1) is 47.1. The summed E-state index contributed by atoms with van der Waals surface area (Å²) in [4.78, 5) is 0. The molecule has 21 rings (SSSR count). The standard InChI is InChI=1S/C88H50/c1-47-77(69-39-43-73-57-27-7-19-49-15-3-23-53(81(49)57)61-31-11-35-65(69)85(61)73)79(71-41-45-75-59-29-9-21-51-17-5-25-55(83(51)59)63-33-13-37-67(71)87(63)75)48(2)80(72-42-46-76-60-30-10-22-52-18-6-26-56(84(52)60)64-34-14-38-68(72)88(64)76)78(47)70-40-44-74-58-28-8-20-50-16-4-24-54(82(50)58)62-32-12-36-66(70)86(62)74/h3-46H,1-2H3. The van der Waals surface area contributed by atoms with Gasteiger partial charge in [0.2, 0.25) is 0 Å². The lowest BCUT2D eigenvalue weighted by atomic mass is 9.74. The summed E-state index contributed by atoms with van der Waals surface area (Å²) in [5.41, 5.74) is 12.6. The van der Waals surface area contributed by atoms with Crippen molar-refractivity contribution < 1.29 is 0 Å². The molecule has 0 aliphatic carbocycles. The van der Waals surface area contributed by atoms with Crippen LogP contribution in [0.2, 0.25) is 0 Å². The molecule has 0 spiro atoms. The summed E-state index contributed by atoms with van der Waals surface area (Å²) < 4.78 is 0. The fourth-order valence-electron chi connectivity index (χ4n) is 17.8. The van der Waals surface area contributed by atoms with Gasteiger partial charge in [-0.25, -0.2) is 0 Å². The van der Waals surface area contributed by atoms with Crippen LogP contribution in [0.4, 0.5) is 0 Å². The second-order valence-corrected chi connectivity index (χ2v) is 25.1. The molecule has 88 heavy (non-hydrogen) atoms. The average molecular weight is 1110 g/mol. The molecule has 0 saturated heterocycles. The highest BCUT2D eigenvalue weighted by Crippen LogP contribution is 2.57. The Morgan fingerprint density at radius 1 is 0.136 bits per heavy atom. The van der Waals surface area contributed by atoms with Gasteiger partial charge in [-0.3, -0.25) is 0 Å². The van der Waals surface area contributed by atoms with Crippen molar-refractivity contribution in [2.45, 2.75) is 13.8 Å². The molecule has 0 aliphatic rings. The maximum atomic E-state index is 2.49. The quantitative estimate of drug-likeness (QED) is 0.122. The summed E-state index contributed by atoms with van der Waals surface area (Å²) in [6.45, 7) is 4.94. The molecular formula is C88H50. The monoisotopic (exact) mass is 1110 g/mol. The molecule has 0 radical (unpaired) electrons.